The maximum Gasteiger partial charge on any atom is 0.163 e. The van der Waals surface area contributed by atoms with Crippen molar-refractivity contribution in [2.75, 3.05) is 5.32 Å². The van der Waals surface area contributed by atoms with E-state index in [-0.39, 0.29) is 0 Å². The smallest absolute Gasteiger partial charge is 0.163 e. The third-order valence-corrected chi connectivity index (χ3v) is 2.05. The van der Waals surface area contributed by atoms with E-state index in [0.29, 0.717) is 17.9 Å². The van der Waals surface area contributed by atoms with Gasteiger partial charge in [0.15, 0.2) is 5.69 Å². The van der Waals surface area contributed by atoms with Gasteiger partial charge in [0, 0.05) is 12.3 Å². The fourth-order valence-corrected chi connectivity index (χ4v) is 1.32. The van der Waals surface area contributed by atoms with Crippen molar-refractivity contribution in [2.24, 2.45) is 0 Å². The predicted octanol–water partition coefficient (Wildman–Crippen LogP) is 1.86. The highest BCUT2D eigenvalue weighted by Crippen LogP contribution is 2.12. The first-order valence-electron chi connectivity index (χ1n) is 4.81. The van der Waals surface area contributed by atoms with Gasteiger partial charge in [0.2, 0.25) is 0 Å². The van der Waals surface area contributed by atoms with Crippen molar-refractivity contribution in [1.29, 1.82) is 5.26 Å². The topological polar surface area (TPSA) is 74.7 Å². The molecule has 0 atom stereocenters. The molecule has 0 aliphatic heterocycles. The molecule has 80 valence electrons. The lowest BCUT2D eigenvalue weighted by Crippen LogP contribution is -2.02. The van der Waals surface area contributed by atoms with Crippen LogP contribution in [-0.2, 0) is 6.54 Å². The summed E-state index contributed by atoms with van der Waals surface area (Å²) in [5, 5.41) is 15.8. The van der Waals surface area contributed by atoms with Crippen molar-refractivity contribution in [3.05, 3.63) is 41.5 Å². The first kappa shape index (κ1) is 10.2. The summed E-state index contributed by atoms with van der Waals surface area (Å²) in [5.74, 6) is 0.767. The van der Waals surface area contributed by atoms with Gasteiger partial charge in [-0.15, -0.1) is 0 Å². The summed E-state index contributed by atoms with van der Waals surface area (Å²) in [6, 6.07) is 7.44. The van der Waals surface area contributed by atoms with E-state index in [1.807, 2.05) is 19.1 Å². The first-order chi connectivity index (χ1) is 7.79. The minimum Gasteiger partial charge on any atom is -0.377 e. The predicted molar refractivity (Wildman–Crippen MR) is 57.5 cm³/mol. The Morgan fingerprint density at radius 1 is 1.56 bits per heavy atom. The largest absolute Gasteiger partial charge is 0.377 e. The fourth-order valence-electron chi connectivity index (χ4n) is 1.32. The molecule has 5 nitrogen and oxygen atoms in total. The number of hydrogen-bond donors (Lipinski definition) is 1. The van der Waals surface area contributed by atoms with Crippen LogP contribution in [0, 0.1) is 18.3 Å². The molecule has 0 spiro atoms. The van der Waals surface area contributed by atoms with E-state index in [4.69, 9.17) is 9.78 Å². The molecule has 0 saturated heterocycles. The lowest BCUT2D eigenvalue weighted by molar-refractivity contribution is 0.391. The zero-order valence-electron chi connectivity index (χ0n) is 8.77. The summed E-state index contributed by atoms with van der Waals surface area (Å²) >= 11 is 0. The van der Waals surface area contributed by atoms with Gasteiger partial charge in [0.25, 0.3) is 0 Å². The SMILES string of the molecule is Cc1cc(CNc2cccnc2C#N)no1. The Labute approximate surface area is 92.7 Å². The van der Waals surface area contributed by atoms with E-state index in [1.54, 1.807) is 18.3 Å². The van der Waals surface area contributed by atoms with Crippen LogP contribution in [0.1, 0.15) is 17.1 Å². The lowest BCUT2D eigenvalue weighted by atomic mass is 10.3. The van der Waals surface area contributed by atoms with Crippen LogP contribution >= 0.6 is 0 Å². The van der Waals surface area contributed by atoms with E-state index < -0.39 is 0 Å². The van der Waals surface area contributed by atoms with E-state index in [0.717, 1.165) is 11.5 Å². The molecule has 2 aromatic heterocycles. The minimum absolute atomic E-state index is 0.378. The van der Waals surface area contributed by atoms with Crippen LogP contribution < -0.4 is 5.32 Å². The normalized spacial score (nSPS) is 9.75. The molecule has 2 aromatic rings. The van der Waals surface area contributed by atoms with E-state index >= 15 is 0 Å². The third-order valence-electron chi connectivity index (χ3n) is 2.05. The standard InChI is InChI=1S/C11H10N4O/c1-8-5-9(15-16-8)7-14-10-3-2-4-13-11(10)6-12/h2-5,14H,7H2,1H3. The molecule has 0 radical (unpaired) electrons. The van der Waals surface area contributed by atoms with E-state index in [1.165, 1.54) is 0 Å². The summed E-state index contributed by atoms with van der Waals surface area (Å²) in [6.07, 6.45) is 1.59. The van der Waals surface area contributed by atoms with Gasteiger partial charge in [-0.1, -0.05) is 5.16 Å². The molecule has 0 saturated carbocycles. The van der Waals surface area contributed by atoms with Gasteiger partial charge in [-0.3, -0.25) is 0 Å². The summed E-state index contributed by atoms with van der Waals surface area (Å²) in [6.45, 7) is 2.35. The Morgan fingerprint density at radius 3 is 3.12 bits per heavy atom. The maximum absolute atomic E-state index is 8.83. The Hall–Kier alpha value is -2.35. The van der Waals surface area contributed by atoms with Gasteiger partial charge in [-0.2, -0.15) is 5.26 Å². The second-order valence-corrected chi connectivity index (χ2v) is 3.29. The van der Waals surface area contributed by atoms with Gasteiger partial charge in [0.1, 0.15) is 17.5 Å². The van der Waals surface area contributed by atoms with Crippen molar-refractivity contribution in [3.8, 4) is 6.07 Å². The summed E-state index contributed by atoms with van der Waals surface area (Å²) in [5.41, 5.74) is 1.87. The van der Waals surface area contributed by atoms with Crippen LogP contribution in [0.4, 0.5) is 5.69 Å². The molecule has 2 heterocycles. The average Bonchev–Trinajstić information content (AvgIpc) is 2.73. The van der Waals surface area contributed by atoms with Crippen molar-refractivity contribution in [2.45, 2.75) is 13.5 Å². The van der Waals surface area contributed by atoms with Gasteiger partial charge in [-0.25, -0.2) is 4.98 Å². The molecule has 1 N–H and O–H groups in total. The third kappa shape index (κ3) is 2.17. The molecule has 0 aromatic carbocycles. The molecule has 0 amide bonds. The maximum atomic E-state index is 8.83. The minimum atomic E-state index is 0.378. The van der Waals surface area contributed by atoms with Crippen LogP contribution in [0.5, 0.6) is 0 Å². The van der Waals surface area contributed by atoms with Crippen LogP contribution in [0.2, 0.25) is 0 Å². The first-order valence-corrected chi connectivity index (χ1v) is 4.81. The number of hydrogen-bond acceptors (Lipinski definition) is 5. The summed E-state index contributed by atoms with van der Waals surface area (Å²) in [7, 11) is 0. The highest BCUT2D eigenvalue weighted by molar-refractivity contribution is 5.53. The lowest BCUT2D eigenvalue weighted by Gasteiger charge is -2.04. The molecule has 0 fully saturated rings. The summed E-state index contributed by atoms with van der Waals surface area (Å²) < 4.78 is 4.94. The van der Waals surface area contributed by atoms with Crippen molar-refractivity contribution in [1.82, 2.24) is 10.1 Å². The summed E-state index contributed by atoms with van der Waals surface area (Å²) in [4.78, 5) is 3.95. The zero-order chi connectivity index (χ0) is 11.4. The Kier molecular flexibility index (Phi) is 2.83. The van der Waals surface area contributed by atoms with Crippen LogP contribution in [0.15, 0.2) is 28.9 Å². The van der Waals surface area contributed by atoms with Crippen LogP contribution in [0.3, 0.4) is 0 Å². The monoisotopic (exact) mass is 214 g/mol. The number of aromatic nitrogens is 2. The second kappa shape index (κ2) is 4.45. The van der Waals surface area contributed by atoms with Crippen molar-refractivity contribution < 1.29 is 4.52 Å². The molecule has 0 aliphatic rings. The average molecular weight is 214 g/mol. The van der Waals surface area contributed by atoms with Gasteiger partial charge >= 0.3 is 0 Å². The molecule has 0 aliphatic carbocycles. The molecular formula is C11H10N4O. The van der Waals surface area contributed by atoms with Gasteiger partial charge < -0.3 is 9.84 Å². The number of pyridine rings is 1. The van der Waals surface area contributed by atoms with Crippen LogP contribution in [-0.4, -0.2) is 10.1 Å². The number of nitrogens with zero attached hydrogens (tertiary/aromatic N) is 3. The van der Waals surface area contributed by atoms with Crippen molar-refractivity contribution >= 4 is 5.69 Å². The van der Waals surface area contributed by atoms with Crippen LogP contribution in [0.25, 0.3) is 0 Å². The number of anilines is 1. The Bertz CT molecular complexity index is 527. The highest BCUT2D eigenvalue weighted by atomic mass is 16.5. The number of rotatable bonds is 3. The molecule has 5 heteroatoms. The van der Waals surface area contributed by atoms with E-state index in [9.17, 15) is 0 Å². The number of nitriles is 1. The number of nitrogens with one attached hydrogen (secondary N) is 1. The quantitative estimate of drug-likeness (QED) is 0.844. The van der Waals surface area contributed by atoms with Gasteiger partial charge in [-0.05, 0) is 19.1 Å². The van der Waals surface area contributed by atoms with Crippen molar-refractivity contribution in [3.63, 3.8) is 0 Å². The Morgan fingerprint density at radius 2 is 2.44 bits per heavy atom. The molecule has 16 heavy (non-hydrogen) atoms. The second-order valence-electron chi connectivity index (χ2n) is 3.29. The Balaban J connectivity index is 2.08. The molecule has 2 rings (SSSR count). The highest BCUT2D eigenvalue weighted by Gasteiger charge is 2.03. The van der Waals surface area contributed by atoms with E-state index in [2.05, 4.69) is 15.5 Å². The zero-order valence-corrected chi connectivity index (χ0v) is 8.77. The molecule has 0 unspecified atom stereocenters. The molecular weight excluding hydrogens is 204 g/mol. The molecule has 0 bridgehead atoms. The van der Waals surface area contributed by atoms with Gasteiger partial charge in [0.05, 0.1) is 12.2 Å². The fraction of sp³-hybridized carbons (Fsp3) is 0.182. The number of aryl methyl sites for hydroxylation is 1.